The standard InChI is InChI=1S/C12H13BrFNO5/c1-2-3-4-19-11(16)7-20-12-9(13)5-8(14)6-10(12)15(17)18/h5-6H,2-4,7H2,1H3. The van der Waals surface area contributed by atoms with Crippen molar-refractivity contribution in [2.24, 2.45) is 0 Å². The van der Waals surface area contributed by atoms with Gasteiger partial charge in [0, 0.05) is 0 Å². The van der Waals surface area contributed by atoms with E-state index in [-0.39, 0.29) is 16.8 Å². The molecular formula is C12H13BrFNO5. The molecule has 0 aliphatic heterocycles. The maximum absolute atomic E-state index is 13.1. The van der Waals surface area contributed by atoms with Crippen LogP contribution in [0.2, 0.25) is 0 Å². The predicted octanol–water partition coefficient (Wildman–Crippen LogP) is 3.22. The molecule has 1 aromatic carbocycles. The van der Waals surface area contributed by atoms with E-state index in [2.05, 4.69) is 15.9 Å². The van der Waals surface area contributed by atoms with E-state index < -0.39 is 29.0 Å². The Balaban J connectivity index is 2.72. The van der Waals surface area contributed by atoms with Gasteiger partial charge >= 0.3 is 11.7 Å². The maximum Gasteiger partial charge on any atom is 0.344 e. The highest BCUT2D eigenvalue weighted by Gasteiger charge is 2.21. The molecule has 0 bridgehead atoms. The van der Waals surface area contributed by atoms with Gasteiger partial charge < -0.3 is 9.47 Å². The van der Waals surface area contributed by atoms with Crippen LogP contribution in [-0.2, 0) is 9.53 Å². The second-order valence-corrected chi connectivity index (χ2v) is 4.71. The number of carbonyl (C=O) groups excluding carboxylic acids is 1. The average molecular weight is 350 g/mol. The summed E-state index contributed by atoms with van der Waals surface area (Å²) in [6.45, 7) is 1.74. The van der Waals surface area contributed by atoms with E-state index in [1.54, 1.807) is 0 Å². The van der Waals surface area contributed by atoms with Gasteiger partial charge in [-0.05, 0) is 28.4 Å². The van der Waals surface area contributed by atoms with Crippen LogP contribution in [-0.4, -0.2) is 24.1 Å². The summed E-state index contributed by atoms with van der Waals surface area (Å²) in [5.41, 5.74) is -0.557. The number of hydrogen-bond donors (Lipinski definition) is 0. The Labute approximate surface area is 123 Å². The van der Waals surface area contributed by atoms with Crippen LogP contribution >= 0.6 is 15.9 Å². The minimum Gasteiger partial charge on any atom is -0.474 e. The largest absolute Gasteiger partial charge is 0.474 e. The Bertz CT molecular complexity index is 509. The summed E-state index contributed by atoms with van der Waals surface area (Å²) in [7, 11) is 0. The summed E-state index contributed by atoms with van der Waals surface area (Å²) >= 11 is 2.96. The lowest BCUT2D eigenvalue weighted by Crippen LogP contribution is -2.16. The number of halogens is 2. The van der Waals surface area contributed by atoms with Gasteiger partial charge in [0.05, 0.1) is 22.1 Å². The minimum atomic E-state index is -0.786. The zero-order valence-corrected chi connectivity index (χ0v) is 12.3. The summed E-state index contributed by atoms with van der Waals surface area (Å²) in [5, 5.41) is 10.8. The number of rotatable bonds is 7. The Morgan fingerprint density at radius 3 is 2.80 bits per heavy atom. The third kappa shape index (κ3) is 4.76. The van der Waals surface area contributed by atoms with Gasteiger partial charge in [-0.2, -0.15) is 0 Å². The Kier molecular flexibility index (Phi) is 6.37. The lowest BCUT2D eigenvalue weighted by Gasteiger charge is -2.08. The molecular weight excluding hydrogens is 337 g/mol. The van der Waals surface area contributed by atoms with Gasteiger partial charge in [0.1, 0.15) is 5.82 Å². The molecule has 20 heavy (non-hydrogen) atoms. The van der Waals surface area contributed by atoms with Crippen LogP contribution in [0, 0.1) is 15.9 Å². The maximum atomic E-state index is 13.1. The summed E-state index contributed by atoms with van der Waals surface area (Å²) in [4.78, 5) is 21.4. The SMILES string of the molecule is CCCCOC(=O)COc1c(Br)cc(F)cc1[N+](=O)[O-]. The average Bonchev–Trinajstić information content (AvgIpc) is 2.37. The highest BCUT2D eigenvalue weighted by atomic mass is 79.9. The van der Waals surface area contributed by atoms with Crippen molar-refractivity contribution in [1.29, 1.82) is 0 Å². The van der Waals surface area contributed by atoms with Crippen LogP contribution < -0.4 is 4.74 Å². The number of carbonyl (C=O) groups is 1. The number of nitro groups is 1. The first-order valence-corrected chi connectivity index (χ1v) is 6.66. The third-order valence-electron chi connectivity index (χ3n) is 2.28. The van der Waals surface area contributed by atoms with Crippen molar-refractivity contribution < 1.29 is 23.6 Å². The smallest absolute Gasteiger partial charge is 0.344 e. The Hall–Kier alpha value is -1.70. The van der Waals surface area contributed by atoms with E-state index in [0.717, 1.165) is 25.0 Å². The van der Waals surface area contributed by atoms with Gasteiger partial charge in [0.15, 0.2) is 6.61 Å². The van der Waals surface area contributed by atoms with Crippen molar-refractivity contribution in [1.82, 2.24) is 0 Å². The molecule has 0 atom stereocenters. The van der Waals surface area contributed by atoms with E-state index in [4.69, 9.17) is 9.47 Å². The van der Waals surface area contributed by atoms with Crippen molar-refractivity contribution in [3.05, 3.63) is 32.5 Å². The van der Waals surface area contributed by atoms with Gasteiger partial charge in [0.2, 0.25) is 5.75 Å². The van der Waals surface area contributed by atoms with Gasteiger partial charge in [-0.1, -0.05) is 13.3 Å². The summed E-state index contributed by atoms with van der Waals surface area (Å²) in [6.07, 6.45) is 1.61. The first-order chi connectivity index (χ1) is 9.45. The van der Waals surface area contributed by atoms with Crippen LogP contribution in [0.5, 0.6) is 5.75 Å². The number of hydrogen-bond acceptors (Lipinski definition) is 5. The molecule has 0 aliphatic carbocycles. The second kappa shape index (κ2) is 7.78. The second-order valence-electron chi connectivity index (χ2n) is 3.86. The van der Waals surface area contributed by atoms with Crippen LogP contribution in [0.3, 0.4) is 0 Å². The molecule has 0 unspecified atom stereocenters. The molecule has 1 rings (SSSR count). The highest BCUT2D eigenvalue weighted by Crippen LogP contribution is 2.35. The van der Waals surface area contributed by atoms with Crippen molar-refractivity contribution >= 4 is 27.6 Å². The zero-order valence-electron chi connectivity index (χ0n) is 10.7. The third-order valence-corrected chi connectivity index (χ3v) is 2.87. The monoisotopic (exact) mass is 349 g/mol. The fourth-order valence-electron chi connectivity index (χ4n) is 1.33. The molecule has 0 spiro atoms. The van der Waals surface area contributed by atoms with Crippen LogP contribution in [0.25, 0.3) is 0 Å². The molecule has 0 radical (unpaired) electrons. The van der Waals surface area contributed by atoms with Crippen LogP contribution in [0.4, 0.5) is 10.1 Å². The van der Waals surface area contributed by atoms with E-state index in [1.165, 1.54) is 0 Å². The van der Waals surface area contributed by atoms with Gasteiger partial charge in [-0.3, -0.25) is 10.1 Å². The molecule has 0 amide bonds. The van der Waals surface area contributed by atoms with Crippen LogP contribution in [0.1, 0.15) is 19.8 Å². The van der Waals surface area contributed by atoms with Crippen molar-refractivity contribution in [2.45, 2.75) is 19.8 Å². The Morgan fingerprint density at radius 2 is 2.20 bits per heavy atom. The number of ether oxygens (including phenoxy) is 2. The lowest BCUT2D eigenvalue weighted by molar-refractivity contribution is -0.386. The van der Waals surface area contributed by atoms with Gasteiger partial charge in [0.25, 0.3) is 0 Å². The van der Waals surface area contributed by atoms with Crippen molar-refractivity contribution in [3.8, 4) is 5.75 Å². The molecule has 8 heteroatoms. The topological polar surface area (TPSA) is 78.7 Å². The molecule has 0 aromatic heterocycles. The highest BCUT2D eigenvalue weighted by molar-refractivity contribution is 9.10. The quantitative estimate of drug-likeness (QED) is 0.327. The number of unbranched alkanes of at least 4 members (excludes halogenated alkanes) is 1. The van der Waals surface area contributed by atoms with Crippen molar-refractivity contribution in [3.63, 3.8) is 0 Å². The number of esters is 1. The van der Waals surface area contributed by atoms with Crippen molar-refractivity contribution in [2.75, 3.05) is 13.2 Å². The number of nitrogens with zero attached hydrogens (tertiary/aromatic N) is 1. The molecule has 1 aromatic rings. The molecule has 0 aliphatic rings. The lowest BCUT2D eigenvalue weighted by atomic mass is 10.3. The predicted molar refractivity (Wildman–Crippen MR) is 72.1 cm³/mol. The summed E-state index contributed by atoms with van der Waals surface area (Å²) in [6, 6.07) is 1.74. The van der Waals surface area contributed by atoms with Crippen LogP contribution in [0.15, 0.2) is 16.6 Å². The fourth-order valence-corrected chi connectivity index (χ4v) is 1.86. The molecule has 0 heterocycles. The number of benzene rings is 1. The molecule has 0 N–H and O–H groups in total. The zero-order chi connectivity index (χ0) is 15.1. The summed E-state index contributed by atoms with van der Waals surface area (Å²) in [5.74, 6) is -1.62. The Morgan fingerprint density at radius 1 is 1.50 bits per heavy atom. The minimum absolute atomic E-state index is 0.0607. The summed E-state index contributed by atoms with van der Waals surface area (Å²) < 4.78 is 23.0. The molecule has 0 saturated carbocycles. The van der Waals surface area contributed by atoms with E-state index >= 15 is 0 Å². The molecule has 0 saturated heterocycles. The van der Waals surface area contributed by atoms with E-state index in [0.29, 0.717) is 0 Å². The normalized spacial score (nSPS) is 10.2. The first-order valence-electron chi connectivity index (χ1n) is 5.87. The van der Waals surface area contributed by atoms with E-state index in [9.17, 15) is 19.3 Å². The molecule has 0 fully saturated rings. The van der Waals surface area contributed by atoms with Gasteiger partial charge in [-0.15, -0.1) is 0 Å². The number of nitro benzene ring substituents is 1. The first kappa shape index (κ1) is 16.4. The molecule has 6 nitrogen and oxygen atoms in total. The molecule has 110 valence electrons. The fraction of sp³-hybridized carbons (Fsp3) is 0.417. The van der Waals surface area contributed by atoms with Gasteiger partial charge in [-0.25, -0.2) is 9.18 Å². The van der Waals surface area contributed by atoms with E-state index in [1.807, 2.05) is 6.92 Å².